The number of aromatic nitrogens is 2. The van der Waals surface area contributed by atoms with Gasteiger partial charge in [-0.25, -0.2) is 0 Å². The Kier molecular flexibility index (Phi) is 4.77. The maximum Gasteiger partial charge on any atom is 0.0995 e. The first-order valence-electron chi connectivity index (χ1n) is 13.0. The van der Waals surface area contributed by atoms with E-state index in [-0.39, 0.29) is 5.41 Å². The highest BCUT2D eigenvalue weighted by Gasteiger charge is 2.25. The maximum absolute atomic E-state index is 10.3. The Morgan fingerprint density at radius 1 is 0.526 bits per heavy atom. The summed E-state index contributed by atoms with van der Waals surface area (Å²) in [5, 5.41) is 15.2. The molecule has 0 radical (unpaired) electrons. The molecule has 0 fully saturated rings. The minimum atomic E-state index is -0.197. The summed E-state index contributed by atoms with van der Waals surface area (Å²) < 4.78 is 4.71. The summed E-state index contributed by atoms with van der Waals surface area (Å²) >= 11 is 0. The van der Waals surface area contributed by atoms with Crippen LogP contribution in [0.3, 0.4) is 0 Å². The number of benzene rings is 5. The second-order valence-corrected chi connectivity index (χ2v) is 11.0. The van der Waals surface area contributed by atoms with Crippen LogP contribution in [0.15, 0.2) is 109 Å². The van der Waals surface area contributed by atoms with Crippen LogP contribution < -0.4 is 0 Å². The largest absolute Gasteiger partial charge is 0.307 e. The lowest BCUT2D eigenvalue weighted by molar-refractivity contribution is 0.588. The lowest BCUT2D eigenvalue weighted by Gasteiger charge is -2.25. The summed E-state index contributed by atoms with van der Waals surface area (Å²) in [6.45, 7) is 6.54. The van der Waals surface area contributed by atoms with Crippen molar-refractivity contribution in [2.45, 2.75) is 26.2 Å². The Labute approximate surface area is 221 Å². The van der Waals surface area contributed by atoms with Gasteiger partial charge in [0.15, 0.2) is 0 Å². The molecular weight excluding hydrogens is 462 g/mol. The highest BCUT2D eigenvalue weighted by atomic mass is 15.1. The molecule has 0 aliphatic heterocycles. The quantitative estimate of drug-likeness (QED) is 0.238. The first-order chi connectivity index (χ1) is 18.5. The third kappa shape index (κ3) is 3.14. The van der Waals surface area contributed by atoms with Crippen molar-refractivity contribution in [2.24, 2.45) is 0 Å². The summed E-state index contributed by atoms with van der Waals surface area (Å²) in [7, 11) is 0. The normalized spacial score (nSPS) is 12.1. The van der Waals surface area contributed by atoms with Gasteiger partial charge in [-0.1, -0.05) is 93.6 Å². The monoisotopic (exact) mass is 489 g/mol. The van der Waals surface area contributed by atoms with E-state index in [9.17, 15) is 5.26 Å². The Hall–Kier alpha value is -4.81. The van der Waals surface area contributed by atoms with E-state index in [1.807, 2.05) is 0 Å². The van der Waals surface area contributed by atoms with Gasteiger partial charge in [-0.3, -0.25) is 0 Å². The van der Waals surface area contributed by atoms with E-state index in [1.165, 1.54) is 21.5 Å². The number of fused-ring (bicyclic) bond motifs is 6. The van der Waals surface area contributed by atoms with Crippen LogP contribution >= 0.6 is 0 Å². The van der Waals surface area contributed by atoms with Gasteiger partial charge in [0.2, 0.25) is 0 Å². The van der Waals surface area contributed by atoms with Crippen molar-refractivity contribution in [3.63, 3.8) is 0 Å². The molecule has 3 nitrogen and oxygen atoms in total. The Morgan fingerprint density at radius 3 is 1.21 bits per heavy atom. The SMILES string of the molecule is CC(C)(C)c1cc(-n2c3ccccc3c3ccccc32)c(-n2c3ccccc3c3ccccc32)cc1C#N. The van der Waals surface area contributed by atoms with E-state index in [2.05, 4.69) is 145 Å². The molecule has 7 aromatic rings. The molecule has 182 valence electrons. The standard InChI is InChI=1S/C35H27N3/c1-35(2,3)28-21-34(38-31-18-10-6-14-26(31)27-15-7-11-19-32(27)38)33(20-23(28)22-36)37-29-16-8-4-12-24(29)25-13-5-9-17-30(25)37/h4-21H,1-3H3. The van der Waals surface area contributed by atoms with Gasteiger partial charge in [0, 0.05) is 21.5 Å². The summed E-state index contributed by atoms with van der Waals surface area (Å²) in [6, 6.07) is 41.1. The highest BCUT2D eigenvalue weighted by Crippen LogP contribution is 2.40. The Morgan fingerprint density at radius 2 is 0.868 bits per heavy atom. The van der Waals surface area contributed by atoms with Crippen LogP contribution in [0, 0.1) is 11.3 Å². The van der Waals surface area contributed by atoms with Gasteiger partial charge in [-0.15, -0.1) is 0 Å². The van der Waals surface area contributed by atoms with Crippen LogP contribution in [-0.4, -0.2) is 9.13 Å². The Balaban J connectivity index is 1.72. The van der Waals surface area contributed by atoms with E-state index >= 15 is 0 Å². The molecule has 0 unspecified atom stereocenters. The molecule has 0 atom stereocenters. The average Bonchev–Trinajstić information content (AvgIpc) is 3.45. The second kappa shape index (κ2) is 8.10. The van der Waals surface area contributed by atoms with E-state index in [4.69, 9.17) is 0 Å². The van der Waals surface area contributed by atoms with Crippen molar-refractivity contribution in [1.29, 1.82) is 5.26 Å². The molecule has 3 heteroatoms. The van der Waals surface area contributed by atoms with Crippen LogP contribution in [0.25, 0.3) is 55.0 Å². The number of nitrogens with zero attached hydrogens (tertiary/aromatic N) is 3. The van der Waals surface area contributed by atoms with Crippen LogP contribution in [0.2, 0.25) is 0 Å². The van der Waals surface area contributed by atoms with Crippen molar-refractivity contribution in [2.75, 3.05) is 0 Å². The van der Waals surface area contributed by atoms with Crippen LogP contribution in [0.5, 0.6) is 0 Å². The molecule has 0 amide bonds. The molecule has 0 aliphatic carbocycles. The molecule has 2 aromatic heterocycles. The first kappa shape index (κ1) is 22.4. The Bertz CT molecular complexity index is 1970. The van der Waals surface area contributed by atoms with Gasteiger partial charge in [0.05, 0.1) is 45.1 Å². The molecule has 0 saturated heterocycles. The van der Waals surface area contributed by atoms with Crippen molar-refractivity contribution >= 4 is 43.6 Å². The van der Waals surface area contributed by atoms with Crippen LogP contribution in [-0.2, 0) is 5.41 Å². The zero-order valence-corrected chi connectivity index (χ0v) is 21.7. The van der Waals surface area contributed by atoms with E-state index < -0.39 is 0 Å². The number of para-hydroxylation sites is 4. The van der Waals surface area contributed by atoms with E-state index in [0.717, 1.165) is 39.0 Å². The first-order valence-corrected chi connectivity index (χ1v) is 13.0. The number of nitriles is 1. The number of hydrogen-bond donors (Lipinski definition) is 0. The van der Waals surface area contributed by atoms with Gasteiger partial charge in [-0.2, -0.15) is 5.26 Å². The molecule has 0 saturated carbocycles. The summed E-state index contributed by atoms with van der Waals surface area (Å²) in [6.07, 6.45) is 0. The average molecular weight is 490 g/mol. The fourth-order valence-corrected chi connectivity index (χ4v) is 6.01. The summed E-state index contributed by atoms with van der Waals surface area (Å²) in [5.41, 5.74) is 8.18. The van der Waals surface area contributed by atoms with E-state index in [0.29, 0.717) is 5.56 Å². The lowest BCUT2D eigenvalue weighted by Crippen LogP contribution is -2.16. The van der Waals surface area contributed by atoms with Crippen molar-refractivity contribution in [1.82, 2.24) is 9.13 Å². The van der Waals surface area contributed by atoms with Gasteiger partial charge in [0.25, 0.3) is 0 Å². The topological polar surface area (TPSA) is 33.6 Å². The third-order valence-electron chi connectivity index (χ3n) is 7.69. The van der Waals surface area contributed by atoms with Gasteiger partial charge in [0.1, 0.15) is 0 Å². The molecule has 0 bridgehead atoms. The minimum absolute atomic E-state index is 0.197. The van der Waals surface area contributed by atoms with E-state index in [1.54, 1.807) is 0 Å². The highest BCUT2D eigenvalue weighted by molar-refractivity contribution is 6.11. The maximum atomic E-state index is 10.3. The summed E-state index contributed by atoms with van der Waals surface area (Å²) in [4.78, 5) is 0. The van der Waals surface area contributed by atoms with Crippen molar-refractivity contribution in [3.8, 4) is 17.4 Å². The smallest absolute Gasteiger partial charge is 0.0995 e. The van der Waals surface area contributed by atoms with Gasteiger partial charge in [-0.05, 0) is 47.4 Å². The van der Waals surface area contributed by atoms with Gasteiger partial charge >= 0.3 is 0 Å². The second-order valence-electron chi connectivity index (χ2n) is 11.0. The molecule has 0 spiro atoms. The predicted octanol–water partition coefficient (Wildman–Crippen LogP) is 9.05. The molecule has 0 N–H and O–H groups in total. The molecular formula is C35H27N3. The number of hydrogen-bond acceptors (Lipinski definition) is 1. The van der Waals surface area contributed by atoms with Crippen LogP contribution in [0.1, 0.15) is 31.9 Å². The zero-order valence-electron chi connectivity index (χ0n) is 21.7. The fraction of sp³-hybridized carbons (Fsp3) is 0.114. The lowest BCUT2D eigenvalue weighted by atomic mass is 9.83. The minimum Gasteiger partial charge on any atom is -0.307 e. The molecule has 2 heterocycles. The molecule has 7 rings (SSSR count). The summed E-state index contributed by atoms with van der Waals surface area (Å²) in [5.74, 6) is 0. The zero-order chi connectivity index (χ0) is 26.0. The van der Waals surface area contributed by atoms with Crippen molar-refractivity contribution < 1.29 is 0 Å². The molecule has 5 aromatic carbocycles. The number of rotatable bonds is 2. The molecule has 0 aliphatic rings. The van der Waals surface area contributed by atoms with Crippen molar-refractivity contribution in [3.05, 3.63) is 120 Å². The fourth-order valence-electron chi connectivity index (χ4n) is 6.01. The predicted molar refractivity (Wildman–Crippen MR) is 159 cm³/mol. The molecule has 38 heavy (non-hydrogen) atoms. The third-order valence-corrected chi connectivity index (χ3v) is 7.69. The van der Waals surface area contributed by atoms with Crippen LogP contribution in [0.4, 0.5) is 0 Å². The van der Waals surface area contributed by atoms with Gasteiger partial charge < -0.3 is 9.13 Å².